The van der Waals surface area contributed by atoms with Gasteiger partial charge >= 0.3 is 0 Å². The monoisotopic (exact) mass is 290 g/mol. The van der Waals surface area contributed by atoms with Gasteiger partial charge < -0.3 is 15.4 Å². The molecule has 0 radical (unpaired) electrons. The van der Waals surface area contributed by atoms with E-state index in [1.165, 1.54) is 5.56 Å². The molecule has 114 valence electrons. The summed E-state index contributed by atoms with van der Waals surface area (Å²) in [6, 6.07) is 3.78. The lowest BCUT2D eigenvalue weighted by atomic mass is 10.0. The Morgan fingerprint density at radius 3 is 2.81 bits per heavy atom. The first-order chi connectivity index (χ1) is 10.0. The number of hydrogen-bond acceptors (Lipinski definition) is 3. The molecule has 1 aromatic rings. The van der Waals surface area contributed by atoms with Crippen LogP contribution in [0.5, 0.6) is 5.75 Å². The second-order valence-corrected chi connectivity index (χ2v) is 5.47. The fourth-order valence-corrected chi connectivity index (χ4v) is 2.77. The van der Waals surface area contributed by atoms with E-state index >= 15 is 0 Å². The van der Waals surface area contributed by atoms with E-state index in [0.717, 1.165) is 16.9 Å². The minimum absolute atomic E-state index is 0.0499. The molecule has 5 nitrogen and oxygen atoms in total. The Balaban J connectivity index is 1.91. The maximum atomic E-state index is 11.9. The Labute approximate surface area is 125 Å². The van der Waals surface area contributed by atoms with E-state index in [4.69, 9.17) is 4.74 Å². The molecule has 2 amide bonds. The molecule has 1 aromatic carbocycles. The van der Waals surface area contributed by atoms with E-state index in [1.807, 2.05) is 13.8 Å². The van der Waals surface area contributed by atoms with Crippen molar-refractivity contribution in [2.24, 2.45) is 0 Å². The highest BCUT2D eigenvalue weighted by molar-refractivity contribution is 5.90. The third-order valence-corrected chi connectivity index (χ3v) is 3.71. The normalized spacial score (nSPS) is 17.5. The average Bonchev–Trinajstić information content (AvgIpc) is 2.85. The van der Waals surface area contributed by atoms with Crippen LogP contribution in [0, 0.1) is 13.8 Å². The zero-order valence-corrected chi connectivity index (χ0v) is 12.8. The second-order valence-electron chi connectivity index (χ2n) is 5.47. The van der Waals surface area contributed by atoms with Crippen molar-refractivity contribution >= 4 is 11.8 Å². The molecule has 0 spiro atoms. The summed E-state index contributed by atoms with van der Waals surface area (Å²) in [5.41, 5.74) is 3.37. The largest absolute Gasteiger partial charge is 0.496 e. The Kier molecular flexibility index (Phi) is 4.83. The number of nitrogens with one attached hydrogen (secondary N) is 2. The maximum Gasteiger partial charge on any atom is 0.242 e. The Morgan fingerprint density at radius 2 is 2.19 bits per heavy atom. The summed E-state index contributed by atoms with van der Waals surface area (Å²) in [5.74, 6) is 0.722. The average molecular weight is 290 g/mol. The molecule has 0 bridgehead atoms. The summed E-state index contributed by atoms with van der Waals surface area (Å²) >= 11 is 0. The number of methoxy groups -OCH3 is 1. The quantitative estimate of drug-likeness (QED) is 0.857. The van der Waals surface area contributed by atoms with Crippen LogP contribution in [0.25, 0.3) is 0 Å². The van der Waals surface area contributed by atoms with Crippen LogP contribution in [0.2, 0.25) is 0 Å². The van der Waals surface area contributed by atoms with Crippen LogP contribution in [0.15, 0.2) is 12.1 Å². The van der Waals surface area contributed by atoms with Crippen molar-refractivity contribution in [3.05, 3.63) is 28.8 Å². The molecule has 1 fully saturated rings. The van der Waals surface area contributed by atoms with Crippen LogP contribution < -0.4 is 15.4 Å². The molecular weight excluding hydrogens is 268 g/mol. The standard InChI is InChI=1S/C16H22N2O3/c1-10-8-11(2)15(21-3)12(9-10)6-7-17-16(20)13-4-5-14(19)18-13/h8-9,13H,4-7H2,1-3H3,(H,17,20)(H,18,19). The molecule has 5 heteroatoms. The van der Waals surface area contributed by atoms with E-state index in [2.05, 4.69) is 22.8 Å². The number of benzene rings is 1. The van der Waals surface area contributed by atoms with Crippen molar-refractivity contribution in [1.29, 1.82) is 0 Å². The fraction of sp³-hybridized carbons (Fsp3) is 0.500. The predicted octanol–water partition coefficient (Wildman–Crippen LogP) is 1.25. The lowest BCUT2D eigenvalue weighted by Crippen LogP contribution is -2.42. The van der Waals surface area contributed by atoms with Crippen molar-refractivity contribution in [3.63, 3.8) is 0 Å². The number of carbonyl (C=O) groups excluding carboxylic acids is 2. The summed E-state index contributed by atoms with van der Waals surface area (Å²) in [4.78, 5) is 23.0. The van der Waals surface area contributed by atoms with Crippen LogP contribution in [-0.4, -0.2) is 31.5 Å². The molecule has 0 saturated carbocycles. The number of hydrogen-bond donors (Lipinski definition) is 2. The minimum Gasteiger partial charge on any atom is -0.496 e. The van der Waals surface area contributed by atoms with Gasteiger partial charge in [-0.2, -0.15) is 0 Å². The van der Waals surface area contributed by atoms with Gasteiger partial charge in [-0.15, -0.1) is 0 Å². The van der Waals surface area contributed by atoms with E-state index in [-0.39, 0.29) is 17.9 Å². The zero-order chi connectivity index (χ0) is 15.4. The van der Waals surface area contributed by atoms with Gasteiger partial charge in [0.1, 0.15) is 11.8 Å². The first kappa shape index (κ1) is 15.4. The van der Waals surface area contributed by atoms with Gasteiger partial charge in [0.25, 0.3) is 0 Å². The van der Waals surface area contributed by atoms with Gasteiger partial charge in [0.15, 0.2) is 0 Å². The van der Waals surface area contributed by atoms with Gasteiger partial charge in [0.2, 0.25) is 11.8 Å². The van der Waals surface area contributed by atoms with Crippen LogP contribution in [0.3, 0.4) is 0 Å². The van der Waals surface area contributed by atoms with Crippen molar-refractivity contribution in [2.45, 2.75) is 39.2 Å². The predicted molar refractivity (Wildman–Crippen MR) is 80.3 cm³/mol. The number of aryl methyl sites for hydroxylation is 2. The summed E-state index contributed by atoms with van der Waals surface area (Å²) in [5, 5.41) is 5.54. The van der Waals surface area contributed by atoms with Crippen LogP contribution in [-0.2, 0) is 16.0 Å². The SMILES string of the molecule is COc1c(C)cc(C)cc1CCNC(=O)C1CCC(=O)N1. The van der Waals surface area contributed by atoms with Crippen molar-refractivity contribution < 1.29 is 14.3 Å². The van der Waals surface area contributed by atoms with Gasteiger partial charge in [0, 0.05) is 13.0 Å². The van der Waals surface area contributed by atoms with Gasteiger partial charge in [0.05, 0.1) is 7.11 Å². The zero-order valence-electron chi connectivity index (χ0n) is 12.8. The van der Waals surface area contributed by atoms with E-state index in [1.54, 1.807) is 7.11 Å². The first-order valence-corrected chi connectivity index (χ1v) is 7.22. The van der Waals surface area contributed by atoms with Crippen molar-refractivity contribution in [3.8, 4) is 5.75 Å². The maximum absolute atomic E-state index is 11.9. The highest BCUT2D eigenvalue weighted by atomic mass is 16.5. The highest BCUT2D eigenvalue weighted by Gasteiger charge is 2.26. The number of ether oxygens (including phenoxy) is 1. The molecule has 21 heavy (non-hydrogen) atoms. The van der Waals surface area contributed by atoms with Gasteiger partial charge in [-0.25, -0.2) is 0 Å². The van der Waals surface area contributed by atoms with Crippen LogP contribution >= 0.6 is 0 Å². The Bertz CT molecular complexity index is 555. The molecule has 1 saturated heterocycles. The smallest absolute Gasteiger partial charge is 0.242 e. The molecule has 2 N–H and O–H groups in total. The highest BCUT2D eigenvalue weighted by Crippen LogP contribution is 2.25. The second kappa shape index (κ2) is 6.61. The number of rotatable bonds is 5. The number of carbonyl (C=O) groups is 2. The number of amides is 2. The molecule has 1 aliphatic heterocycles. The van der Waals surface area contributed by atoms with Gasteiger partial charge in [-0.05, 0) is 37.8 Å². The van der Waals surface area contributed by atoms with E-state index in [9.17, 15) is 9.59 Å². The molecule has 2 rings (SSSR count). The van der Waals surface area contributed by atoms with Crippen LogP contribution in [0.4, 0.5) is 0 Å². The van der Waals surface area contributed by atoms with Crippen LogP contribution in [0.1, 0.15) is 29.5 Å². The topological polar surface area (TPSA) is 67.4 Å². The molecule has 1 heterocycles. The molecule has 1 aliphatic rings. The van der Waals surface area contributed by atoms with Crippen molar-refractivity contribution in [1.82, 2.24) is 10.6 Å². The summed E-state index contributed by atoms with van der Waals surface area (Å²) in [6.45, 7) is 4.59. The molecule has 0 aliphatic carbocycles. The summed E-state index contributed by atoms with van der Waals surface area (Å²) < 4.78 is 5.43. The van der Waals surface area contributed by atoms with E-state index in [0.29, 0.717) is 25.8 Å². The molecule has 1 atom stereocenters. The molecule has 1 unspecified atom stereocenters. The Hall–Kier alpha value is -2.04. The summed E-state index contributed by atoms with van der Waals surface area (Å²) in [7, 11) is 1.66. The molecular formula is C16H22N2O3. The minimum atomic E-state index is -0.376. The van der Waals surface area contributed by atoms with Gasteiger partial charge in [-0.3, -0.25) is 9.59 Å². The Morgan fingerprint density at radius 1 is 1.43 bits per heavy atom. The third kappa shape index (κ3) is 3.74. The summed E-state index contributed by atoms with van der Waals surface area (Å²) in [6.07, 6.45) is 1.72. The fourth-order valence-electron chi connectivity index (χ4n) is 2.77. The van der Waals surface area contributed by atoms with Crippen molar-refractivity contribution in [2.75, 3.05) is 13.7 Å². The third-order valence-electron chi connectivity index (χ3n) is 3.71. The van der Waals surface area contributed by atoms with Gasteiger partial charge in [-0.1, -0.05) is 17.7 Å². The molecule has 0 aromatic heterocycles. The first-order valence-electron chi connectivity index (χ1n) is 7.22. The lowest BCUT2D eigenvalue weighted by molar-refractivity contribution is -0.125. The van der Waals surface area contributed by atoms with E-state index < -0.39 is 0 Å². The lowest BCUT2D eigenvalue weighted by Gasteiger charge is -2.14.